The molecule has 1 atom stereocenters. The van der Waals surface area contributed by atoms with Gasteiger partial charge in [0.05, 0.1) is 25.7 Å². The molecule has 0 aromatic carbocycles. The molecule has 0 aromatic heterocycles. The highest BCUT2D eigenvalue weighted by Crippen LogP contribution is 2.33. The summed E-state index contributed by atoms with van der Waals surface area (Å²) in [5, 5.41) is 11.4. The number of nitrogens with one attached hydrogen (secondary N) is 1. The molecule has 0 heterocycles. The highest BCUT2D eigenvalue weighted by Gasteiger charge is 2.01. The summed E-state index contributed by atoms with van der Waals surface area (Å²) in [6.45, 7) is 5.04. The maximum Gasteiger partial charge on any atom is 0.167 e. The van der Waals surface area contributed by atoms with E-state index in [1.807, 2.05) is 12.7 Å². The predicted molar refractivity (Wildman–Crippen MR) is 58.1 cm³/mol. The normalized spacial score (nSPS) is 13.3. The van der Waals surface area contributed by atoms with Crippen molar-refractivity contribution >= 4 is 8.38 Å². The number of rotatable bonds is 9. The summed E-state index contributed by atoms with van der Waals surface area (Å²) in [6, 6.07) is 2.02. The standard InChI is InChI=1S/C9H19N2O2P/c1-3-11-7-5-9-13-14(2)12-8-4-6-10/h11H,3-5,7-9H2,1-2H3/i1T. The third kappa shape index (κ3) is 9.88. The van der Waals surface area contributed by atoms with Crippen LogP contribution in [0.25, 0.3) is 0 Å². The van der Waals surface area contributed by atoms with Gasteiger partial charge in [0, 0.05) is 8.04 Å². The molecule has 0 rings (SSSR count). The number of hydrogen-bond donors (Lipinski definition) is 1. The summed E-state index contributed by atoms with van der Waals surface area (Å²) in [5.41, 5.74) is 0. The molecule has 0 saturated heterocycles. The highest BCUT2D eigenvalue weighted by molar-refractivity contribution is 7.46. The van der Waals surface area contributed by atoms with E-state index in [0.29, 0.717) is 26.5 Å². The third-order valence-electron chi connectivity index (χ3n) is 1.43. The van der Waals surface area contributed by atoms with Crippen LogP contribution in [-0.4, -0.2) is 33.0 Å². The van der Waals surface area contributed by atoms with E-state index < -0.39 is 8.38 Å². The van der Waals surface area contributed by atoms with Crippen LogP contribution in [0.2, 0.25) is 0 Å². The second-order valence-corrected chi connectivity index (χ2v) is 4.01. The maximum atomic E-state index is 8.29. The molecule has 1 unspecified atom stereocenters. The topological polar surface area (TPSA) is 54.3 Å². The first kappa shape index (κ1) is 11.9. The summed E-state index contributed by atoms with van der Waals surface area (Å²) < 4.78 is 17.6. The predicted octanol–water partition coefficient (Wildman–Crippen LogP) is 1.87. The quantitative estimate of drug-likeness (QED) is 0.476. The Labute approximate surface area is 88.9 Å². The van der Waals surface area contributed by atoms with Crippen molar-refractivity contribution in [3.63, 3.8) is 0 Å². The highest BCUT2D eigenvalue weighted by atomic mass is 31.2. The Hall–Kier alpha value is -0.200. The van der Waals surface area contributed by atoms with Gasteiger partial charge in [-0.2, -0.15) is 5.26 Å². The average molecular weight is 220 g/mol. The lowest BCUT2D eigenvalue weighted by atomic mass is 10.4. The van der Waals surface area contributed by atoms with Crippen LogP contribution in [0.1, 0.15) is 21.1 Å². The van der Waals surface area contributed by atoms with E-state index in [1.54, 1.807) is 0 Å². The van der Waals surface area contributed by atoms with Crippen LogP contribution < -0.4 is 5.32 Å². The fourth-order valence-electron chi connectivity index (χ4n) is 0.772. The van der Waals surface area contributed by atoms with Crippen LogP contribution >= 0.6 is 8.38 Å². The second kappa shape index (κ2) is 10.9. The summed E-state index contributed by atoms with van der Waals surface area (Å²) in [5.74, 6) is 0. The number of nitriles is 1. The molecule has 4 nitrogen and oxygen atoms in total. The minimum absolute atomic E-state index is 0.415. The first-order chi connectivity index (χ1) is 7.31. The minimum atomic E-state index is -0.833. The Balaban J connectivity index is 3.10. The molecule has 0 amide bonds. The average Bonchev–Trinajstić information content (AvgIpc) is 2.23. The van der Waals surface area contributed by atoms with E-state index in [-0.39, 0.29) is 0 Å². The van der Waals surface area contributed by atoms with Gasteiger partial charge >= 0.3 is 0 Å². The first-order valence-corrected chi connectivity index (χ1v) is 6.30. The number of nitrogens with zero attached hydrogens (tertiary/aromatic N) is 1. The van der Waals surface area contributed by atoms with Gasteiger partial charge in [-0.3, -0.25) is 0 Å². The van der Waals surface area contributed by atoms with Crippen molar-refractivity contribution < 1.29 is 10.4 Å². The largest absolute Gasteiger partial charge is 0.334 e. The molecule has 0 bridgehead atoms. The van der Waals surface area contributed by atoms with E-state index in [2.05, 4.69) is 5.32 Å². The fraction of sp³-hybridized carbons (Fsp3) is 0.889. The van der Waals surface area contributed by atoms with Crippen molar-refractivity contribution in [2.45, 2.75) is 19.7 Å². The van der Waals surface area contributed by atoms with Gasteiger partial charge < -0.3 is 14.4 Å². The van der Waals surface area contributed by atoms with Crippen LogP contribution in [0.15, 0.2) is 0 Å². The van der Waals surface area contributed by atoms with Gasteiger partial charge in [-0.1, -0.05) is 6.90 Å². The molecule has 0 aliphatic carbocycles. The Morgan fingerprint density at radius 3 is 3.00 bits per heavy atom. The molecule has 0 fully saturated rings. The SMILES string of the molecule is [3H]CCNCCCOP(C)OCCC#N. The smallest absolute Gasteiger partial charge is 0.167 e. The minimum Gasteiger partial charge on any atom is -0.334 e. The lowest BCUT2D eigenvalue weighted by Crippen LogP contribution is -2.15. The number of hydrogen-bond acceptors (Lipinski definition) is 4. The Morgan fingerprint density at radius 1 is 1.50 bits per heavy atom. The van der Waals surface area contributed by atoms with Crippen LogP contribution in [-0.2, 0) is 9.05 Å². The van der Waals surface area contributed by atoms with Gasteiger partial charge in [-0.05, 0) is 19.5 Å². The van der Waals surface area contributed by atoms with Gasteiger partial charge in [-0.25, -0.2) is 0 Å². The van der Waals surface area contributed by atoms with Gasteiger partial charge in [0.25, 0.3) is 0 Å². The van der Waals surface area contributed by atoms with Gasteiger partial charge in [-0.15, -0.1) is 0 Å². The molecule has 0 radical (unpaired) electrons. The monoisotopic (exact) mass is 220 g/mol. The van der Waals surface area contributed by atoms with E-state index in [1.165, 1.54) is 0 Å². The van der Waals surface area contributed by atoms with Gasteiger partial charge in [0.2, 0.25) is 0 Å². The van der Waals surface area contributed by atoms with Crippen molar-refractivity contribution in [1.82, 2.24) is 5.32 Å². The molecule has 82 valence electrons. The van der Waals surface area contributed by atoms with Crippen LogP contribution in [0.5, 0.6) is 0 Å². The zero-order valence-corrected chi connectivity index (χ0v) is 9.56. The molecular formula is C9H19N2O2P. The van der Waals surface area contributed by atoms with E-state index >= 15 is 0 Å². The van der Waals surface area contributed by atoms with Gasteiger partial charge in [0.15, 0.2) is 8.38 Å². The zero-order valence-electron chi connectivity index (χ0n) is 9.66. The summed E-state index contributed by atoms with van der Waals surface area (Å²) >= 11 is 0. The maximum absolute atomic E-state index is 8.29. The van der Waals surface area contributed by atoms with Crippen molar-refractivity contribution in [3.05, 3.63) is 0 Å². The molecular weight excluding hydrogens is 199 g/mol. The second-order valence-electron chi connectivity index (χ2n) is 2.62. The lowest BCUT2D eigenvalue weighted by molar-refractivity contribution is 0.254. The van der Waals surface area contributed by atoms with Crippen molar-refractivity contribution in [3.8, 4) is 6.07 Å². The third-order valence-corrected chi connectivity index (χ3v) is 2.53. The first-order valence-electron chi connectivity index (χ1n) is 5.38. The molecule has 0 saturated carbocycles. The Morgan fingerprint density at radius 2 is 2.29 bits per heavy atom. The Bertz CT molecular complexity index is 178. The molecule has 0 aliphatic rings. The molecule has 5 heteroatoms. The lowest BCUT2D eigenvalue weighted by Gasteiger charge is -2.11. The molecule has 0 aromatic rings. The fourth-order valence-corrected chi connectivity index (χ4v) is 1.58. The van der Waals surface area contributed by atoms with Crippen molar-refractivity contribution in [2.75, 3.05) is 33.0 Å². The summed E-state index contributed by atoms with van der Waals surface area (Å²) in [6.07, 6.45) is 1.34. The molecule has 0 aliphatic heterocycles. The van der Waals surface area contributed by atoms with E-state index in [0.717, 1.165) is 19.5 Å². The molecule has 14 heavy (non-hydrogen) atoms. The van der Waals surface area contributed by atoms with Crippen LogP contribution in [0.3, 0.4) is 0 Å². The van der Waals surface area contributed by atoms with Crippen LogP contribution in [0.4, 0.5) is 0 Å². The van der Waals surface area contributed by atoms with Gasteiger partial charge in [0.1, 0.15) is 0 Å². The van der Waals surface area contributed by atoms with E-state index in [4.69, 9.17) is 15.7 Å². The van der Waals surface area contributed by atoms with Crippen LogP contribution in [0, 0.1) is 11.3 Å². The summed E-state index contributed by atoms with van der Waals surface area (Å²) in [7, 11) is -0.833. The van der Waals surface area contributed by atoms with Crippen molar-refractivity contribution in [2.24, 2.45) is 0 Å². The summed E-state index contributed by atoms with van der Waals surface area (Å²) in [4.78, 5) is 0. The molecule has 0 spiro atoms. The molecule has 1 N–H and O–H groups in total. The Kier molecular flexibility index (Phi) is 9.23. The zero-order chi connectivity index (χ0) is 11.4. The van der Waals surface area contributed by atoms with Crippen molar-refractivity contribution in [1.29, 1.82) is 5.26 Å². The van der Waals surface area contributed by atoms with E-state index in [9.17, 15) is 0 Å².